The van der Waals surface area contributed by atoms with E-state index < -0.39 is 0 Å². The Morgan fingerprint density at radius 2 is 2.21 bits per heavy atom. The minimum absolute atomic E-state index is 0.0971. The Bertz CT molecular complexity index is 229. The summed E-state index contributed by atoms with van der Waals surface area (Å²) in [4.78, 5) is 13.8. The lowest BCUT2D eigenvalue weighted by Gasteiger charge is -2.35. The molecule has 3 nitrogen and oxygen atoms in total. The van der Waals surface area contributed by atoms with Gasteiger partial charge in [-0.15, -0.1) is 0 Å². The molecule has 0 aromatic carbocycles. The number of carbonyl (C=O) groups is 1. The number of likely N-dealkylation sites (tertiary alicyclic amines) is 1. The molecule has 0 N–H and O–H groups in total. The van der Waals surface area contributed by atoms with Crippen LogP contribution in [0.15, 0.2) is 0 Å². The number of rotatable bonds is 0. The number of hydrogen-bond donors (Lipinski definition) is 0. The third-order valence-corrected chi connectivity index (χ3v) is 3.43. The maximum absolute atomic E-state index is 11.4. The fourth-order valence-corrected chi connectivity index (χ4v) is 2.50. The van der Waals surface area contributed by atoms with E-state index in [4.69, 9.17) is 4.74 Å². The standard InChI is InChI=1S/C11H19NO2/c1-12-6-2-4-11(5-7-12)9-10(13)3-8-14-11/h2-9H2,1H3. The minimum atomic E-state index is -0.0971. The second-order valence-corrected chi connectivity index (χ2v) is 4.65. The van der Waals surface area contributed by atoms with Crippen molar-refractivity contribution in [3.05, 3.63) is 0 Å². The Balaban J connectivity index is 2.02. The van der Waals surface area contributed by atoms with Gasteiger partial charge in [-0.2, -0.15) is 0 Å². The van der Waals surface area contributed by atoms with Crippen molar-refractivity contribution in [3.63, 3.8) is 0 Å². The molecular formula is C11H19NO2. The molecule has 3 heteroatoms. The van der Waals surface area contributed by atoms with Crippen molar-refractivity contribution in [3.8, 4) is 0 Å². The van der Waals surface area contributed by atoms with Crippen LogP contribution in [0.25, 0.3) is 0 Å². The fraction of sp³-hybridized carbons (Fsp3) is 0.909. The largest absolute Gasteiger partial charge is 0.374 e. The molecule has 2 saturated heterocycles. The van der Waals surface area contributed by atoms with Gasteiger partial charge in [-0.25, -0.2) is 0 Å². The van der Waals surface area contributed by atoms with Crippen molar-refractivity contribution in [2.45, 2.75) is 37.7 Å². The van der Waals surface area contributed by atoms with Gasteiger partial charge < -0.3 is 9.64 Å². The van der Waals surface area contributed by atoms with Crippen LogP contribution in [0.4, 0.5) is 0 Å². The van der Waals surface area contributed by atoms with E-state index >= 15 is 0 Å². The van der Waals surface area contributed by atoms with E-state index in [2.05, 4.69) is 11.9 Å². The lowest BCUT2D eigenvalue weighted by molar-refractivity contribution is -0.141. The first kappa shape index (κ1) is 10.1. The van der Waals surface area contributed by atoms with Crippen LogP contribution in [0.5, 0.6) is 0 Å². The third kappa shape index (κ3) is 2.15. The lowest BCUT2D eigenvalue weighted by atomic mass is 9.86. The maximum atomic E-state index is 11.4. The van der Waals surface area contributed by atoms with E-state index in [0.29, 0.717) is 25.2 Å². The molecular weight excluding hydrogens is 178 g/mol. The van der Waals surface area contributed by atoms with Gasteiger partial charge in [0, 0.05) is 19.4 Å². The molecule has 0 amide bonds. The van der Waals surface area contributed by atoms with Crippen molar-refractivity contribution in [1.82, 2.24) is 4.90 Å². The molecule has 2 aliphatic heterocycles. The summed E-state index contributed by atoms with van der Waals surface area (Å²) in [7, 11) is 2.14. The fourth-order valence-electron chi connectivity index (χ4n) is 2.50. The first-order chi connectivity index (χ1) is 6.70. The molecule has 1 unspecified atom stereocenters. The number of carbonyl (C=O) groups excluding carboxylic acids is 1. The Morgan fingerprint density at radius 1 is 1.36 bits per heavy atom. The van der Waals surface area contributed by atoms with Crippen molar-refractivity contribution < 1.29 is 9.53 Å². The average Bonchev–Trinajstić information content (AvgIpc) is 2.30. The molecule has 0 saturated carbocycles. The highest BCUT2D eigenvalue weighted by Gasteiger charge is 2.37. The maximum Gasteiger partial charge on any atom is 0.138 e. The van der Waals surface area contributed by atoms with Gasteiger partial charge >= 0.3 is 0 Å². The van der Waals surface area contributed by atoms with E-state index in [0.717, 1.165) is 32.4 Å². The van der Waals surface area contributed by atoms with Crippen LogP contribution in [0.2, 0.25) is 0 Å². The first-order valence-corrected chi connectivity index (χ1v) is 5.54. The summed E-state index contributed by atoms with van der Waals surface area (Å²) < 4.78 is 5.86. The van der Waals surface area contributed by atoms with Gasteiger partial charge in [0.1, 0.15) is 5.78 Å². The second kappa shape index (κ2) is 3.99. The van der Waals surface area contributed by atoms with Crippen molar-refractivity contribution in [2.24, 2.45) is 0 Å². The SMILES string of the molecule is CN1CCCC2(CC1)CC(=O)CCO2. The normalized spacial score (nSPS) is 35.9. The van der Waals surface area contributed by atoms with Crippen LogP contribution in [-0.4, -0.2) is 43.0 Å². The zero-order chi connectivity index (χ0) is 10.0. The summed E-state index contributed by atoms with van der Waals surface area (Å²) in [6.07, 6.45) is 4.51. The van der Waals surface area contributed by atoms with Gasteiger partial charge in [-0.3, -0.25) is 4.79 Å². The number of ether oxygens (including phenoxy) is 1. The Labute approximate surface area is 85.4 Å². The van der Waals surface area contributed by atoms with Crippen LogP contribution < -0.4 is 0 Å². The molecule has 2 rings (SSSR count). The number of nitrogens with zero attached hydrogens (tertiary/aromatic N) is 1. The zero-order valence-corrected chi connectivity index (χ0v) is 8.92. The van der Waals surface area contributed by atoms with Gasteiger partial charge in [0.25, 0.3) is 0 Å². The molecule has 2 aliphatic rings. The number of Topliss-reactive ketones (excluding diaryl/α,β-unsaturated/α-hetero) is 1. The predicted molar refractivity (Wildman–Crippen MR) is 54.3 cm³/mol. The second-order valence-electron chi connectivity index (χ2n) is 4.65. The highest BCUT2D eigenvalue weighted by Crippen LogP contribution is 2.33. The summed E-state index contributed by atoms with van der Waals surface area (Å²) in [6, 6.07) is 0. The van der Waals surface area contributed by atoms with Crippen LogP contribution in [0.1, 0.15) is 32.1 Å². The summed E-state index contributed by atoms with van der Waals surface area (Å²) in [5.41, 5.74) is -0.0971. The van der Waals surface area contributed by atoms with Gasteiger partial charge in [0.05, 0.1) is 12.2 Å². The lowest BCUT2D eigenvalue weighted by Crippen LogP contribution is -2.40. The highest BCUT2D eigenvalue weighted by atomic mass is 16.5. The van der Waals surface area contributed by atoms with Crippen LogP contribution in [0, 0.1) is 0 Å². The average molecular weight is 197 g/mol. The van der Waals surface area contributed by atoms with Crippen LogP contribution >= 0.6 is 0 Å². The molecule has 80 valence electrons. The van der Waals surface area contributed by atoms with Crippen LogP contribution in [-0.2, 0) is 9.53 Å². The molecule has 1 atom stereocenters. The summed E-state index contributed by atoms with van der Waals surface area (Å²) in [6.45, 7) is 2.84. The Kier molecular flexibility index (Phi) is 2.88. The summed E-state index contributed by atoms with van der Waals surface area (Å²) in [5.74, 6) is 0.390. The van der Waals surface area contributed by atoms with Gasteiger partial charge in [-0.05, 0) is 32.9 Å². The van der Waals surface area contributed by atoms with Gasteiger partial charge in [0.15, 0.2) is 0 Å². The smallest absolute Gasteiger partial charge is 0.138 e. The topological polar surface area (TPSA) is 29.5 Å². The molecule has 2 heterocycles. The number of hydrogen-bond acceptors (Lipinski definition) is 3. The molecule has 14 heavy (non-hydrogen) atoms. The Morgan fingerprint density at radius 3 is 3.00 bits per heavy atom. The summed E-state index contributed by atoms with van der Waals surface area (Å²) >= 11 is 0. The molecule has 0 aromatic rings. The van der Waals surface area contributed by atoms with Crippen molar-refractivity contribution in [1.29, 1.82) is 0 Å². The monoisotopic (exact) mass is 197 g/mol. The van der Waals surface area contributed by atoms with E-state index in [1.807, 2.05) is 0 Å². The molecule has 1 spiro atoms. The minimum Gasteiger partial charge on any atom is -0.374 e. The van der Waals surface area contributed by atoms with E-state index in [1.165, 1.54) is 0 Å². The van der Waals surface area contributed by atoms with E-state index in [-0.39, 0.29) is 5.60 Å². The molecule has 0 radical (unpaired) electrons. The quantitative estimate of drug-likeness (QED) is 0.585. The predicted octanol–water partition coefficient (Wildman–Crippen LogP) is 1.22. The van der Waals surface area contributed by atoms with E-state index in [9.17, 15) is 4.79 Å². The highest BCUT2D eigenvalue weighted by molar-refractivity contribution is 5.80. The molecule has 0 aromatic heterocycles. The van der Waals surface area contributed by atoms with Gasteiger partial charge in [0.2, 0.25) is 0 Å². The Hall–Kier alpha value is -0.410. The molecule has 2 fully saturated rings. The first-order valence-electron chi connectivity index (χ1n) is 5.54. The van der Waals surface area contributed by atoms with E-state index in [1.54, 1.807) is 0 Å². The van der Waals surface area contributed by atoms with Crippen molar-refractivity contribution >= 4 is 5.78 Å². The summed E-state index contributed by atoms with van der Waals surface area (Å²) in [5, 5.41) is 0. The zero-order valence-electron chi connectivity index (χ0n) is 8.92. The third-order valence-electron chi connectivity index (χ3n) is 3.43. The van der Waals surface area contributed by atoms with Gasteiger partial charge in [-0.1, -0.05) is 0 Å². The molecule has 0 aliphatic carbocycles. The van der Waals surface area contributed by atoms with Crippen LogP contribution in [0.3, 0.4) is 0 Å². The molecule has 0 bridgehead atoms. The van der Waals surface area contributed by atoms with Crippen molar-refractivity contribution in [2.75, 3.05) is 26.7 Å². The number of ketones is 1.